The van der Waals surface area contributed by atoms with E-state index in [1.54, 1.807) is 0 Å². The summed E-state index contributed by atoms with van der Waals surface area (Å²) in [6, 6.07) is 63.0. The van der Waals surface area contributed by atoms with Crippen LogP contribution in [0.4, 0.5) is 0 Å². The number of aromatic nitrogens is 3. The molecule has 51 heavy (non-hydrogen) atoms. The molecule has 0 spiro atoms. The molecule has 2 aromatic heterocycles. The molecule has 5 heteroatoms. The quantitative estimate of drug-likeness (QED) is 0.185. The van der Waals surface area contributed by atoms with Crippen molar-refractivity contribution < 1.29 is 4.89 Å². The van der Waals surface area contributed by atoms with Gasteiger partial charge in [0.15, 0.2) is 0 Å². The van der Waals surface area contributed by atoms with Crippen LogP contribution in [0.2, 0.25) is 0 Å². The molecule has 7 aromatic carbocycles. The maximum atomic E-state index is 12.5. The summed E-state index contributed by atoms with van der Waals surface area (Å²) in [4.78, 5) is 22.9. The van der Waals surface area contributed by atoms with Gasteiger partial charge in [0.2, 0.25) is 0 Å². The van der Waals surface area contributed by atoms with Gasteiger partial charge in [0.05, 0.1) is 0 Å². The van der Waals surface area contributed by atoms with E-state index in [1.807, 2.05) is 60.7 Å². The molecule has 9 aromatic rings. The van der Waals surface area contributed by atoms with Gasteiger partial charge in [0.25, 0.3) is 0 Å². The third-order valence-corrected chi connectivity index (χ3v) is 13.9. The molecule has 1 N–H and O–H groups in total. The van der Waals surface area contributed by atoms with E-state index in [0.717, 1.165) is 82.5 Å². The van der Waals surface area contributed by atoms with E-state index in [0.29, 0.717) is 5.95 Å². The molecule has 0 fully saturated rings. The topological polar surface area (TPSA) is 50.9 Å². The fourth-order valence-electron chi connectivity index (χ4n) is 7.85. The molecule has 0 saturated heterocycles. The molecule has 1 aliphatic heterocycles. The summed E-state index contributed by atoms with van der Waals surface area (Å²) in [5.41, 5.74) is 10.4. The maximum absolute atomic E-state index is 12.5. The molecule has 0 radical (unpaired) electrons. The van der Waals surface area contributed by atoms with Crippen LogP contribution < -0.4 is 15.9 Å². The zero-order valence-corrected chi connectivity index (χ0v) is 28.6. The van der Waals surface area contributed by atoms with Gasteiger partial charge in [0.1, 0.15) is 0 Å². The first-order chi connectivity index (χ1) is 25.2. The summed E-state index contributed by atoms with van der Waals surface area (Å²) in [5, 5.41) is 5.37. The van der Waals surface area contributed by atoms with Gasteiger partial charge >= 0.3 is 219 Å². The molecule has 0 amide bonds. The van der Waals surface area contributed by atoms with E-state index in [9.17, 15) is 4.89 Å². The van der Waals surface area contributed by atoms with Gasteiger partial charge in [0, 0.05) is 11.1 Å². The Morgan fingerprint density at radius 2 is 0.961 bits per heavy atom. The Labute approximate surface area is 296 Å². The second kappa shape index (κ2) is 11.7. The van der Waals surface area contributed by atoms with E-state index >= 15 is 0 Å². The molecule has 0 aliphatic carbocycles. The van der Waals surface area contributed by atoms with E-state index < -0.39 is 7.49 Å². The third-order valence-electron chi connectivity index (χ3n) is 10.3. The van der Waals surface area contributed by atoms with E-state index in [2.05, 4.69) is 126 Å². The van der Waals surface area contributed by atoms with Crippen molar-refractivity contribution in [2.75, 3.05) is 0 Å². The number of benzene rings is 7. The van der Waals surface area contributed by atoms with Gasteiger partial charge in [-0.1, -0.05) is 60.7 Å². The second-order valence-electron chi connectivity index (χ2n) is 13.1. The average molecular weight is 674 g/mol. The molecule has 0 unspecified atom stereocenters. The van der Waals surface area contributed by atoms with Gasteiger partial charge in [-0.2, -0.15) is 0 Å². The molecule has 242 valence electrons. The molecule has 1 aliphatic rings. The molecule has 10 rings (SSSR count). The van der Waals surface area contributed by atoms with Crippen molar-refractivity contribution in [3.63, 3.8) is 0 Å². The number of para-hydroxylation sites is 1. The summed E-state index contributed by atoms with van der Waals surface area (Å²) in [5.74, 6) is 0.633. The van der Waals surface area contributed by atoms with Crippen molar-refractivity contribution in [2.45, 2.75) is 0 Å². The zero-order valence-electron chi connectivity index (χ0n) is 27.6. The SMILES string of the molecule is O[PH]1(c2ccccc2)c2ccccc2-c2cc(-c3ccc4c(c3)c3ccccc3n4-c3nc(-c4ccccc4)cc(-c4ccccc4)n3)ccc21. The van der Waals surface area contributed by atoms with Gasteiger partial charge in [-0.05, 0) is 6.07 Å². The van der Waals surface area contributed by atoms with E-state index in [1.165, 1.54) is 0 Å². The normalized spacial score (nSPS) is 13.6. The molecule has 3 heterocycles. The van der Waals surface area contributed by atoms with Gasteiger partial charge in [-0.25, -0.2) is 0 Å². The Balaban J connectivity index is 1.15. The van der Waals surface area contributed by atoms with Gasteiger partial charge < -0.3 is 0 Å². The van der Waals surface area contributed by atoms with E-state index in [-0.39, 0.29) is 0 Å². The molecule has 0 saturated carbocycles. The molecular weight excluding hydrogens is 642 g/mol. The predicted molar refractivity (Wildman–Crippen MR) is 214 cm³/mol. The summed E-state index contributed by atoms with van der Waals surface area (Å²) in [6.07, 6.45) is 0. The van der Waals surface area contributed by atoms with Crippen molar-refractivity contribution in [3.05, 3.63) is 182 Å². The molecular formula is C46H32N3OP. The first-order valence-corrected chi connectivity index (χ1v) is 19.2. The van der Waals surface area contributed by atoms with Crippen LogP contribution in [-0.2, 0) is 0 Å². The van der Waals surface area contributed by atoms with Gasteiger partial charge in [-0.15, -0.1) is 0 Å². The van der Waals surface area contributed by atoms with Crippen LogP contribution in [0, 0.1) is 0 Å². The Kier molecular flexibility index (Phi) is 6.82. The van der Waals surface area contributed by atoms with Crippen molar-refractivity contribution >= 4 is 45.2 Å². The van der Waals surface area contributed by atoms with Crippen LogP contribution in [0.1, 0.15) is 0 Å². The van der Waals surface area contributed by atoms with Crippen molar-refractivity contribution in [1.82, 2.24) is 14.5 Å². The first kappa shape index (κ1) is 29.7. The standard InChI is InChI=1S/C46H32N3OP/c50-51(35-18-8-3-9-19-35)44-23-13-11-21-37(44)39-29-34(25-27-45(39)51)33-24-26-43-38(28-33)36-20-10-12-22-42(36)49(43)46-47-40(31-14-4-1-5-15-31)30-41(48-46)32-16-6-2-7-17-32/h1-30,50-51H. The Hall–Kier alpha value is -6.19. The Morgan fingerprint density at radius 3 is 1.69 bits per heavy atom. The second-order valence-corrected chi connectivity index (χ2v) is 16.2. The van der Waals surface area contributed by atoms with E-state index in [4.69, 9.17) is 9.97 Å². The van der Waals surface area contributed by atoms with Crippen molar-refractivity contribution in [1.29, 1.82) is 0 Å². The van der Waals surface area contributed by atoms with Crippen molar-refractivity contribution in [3.8, 4) is 50.7 Å². The minimum atomic E-state index is -3.12. The zero-order chi connectivity index (χ0) is 33.9. The predicted octanol–water partition coefficient (Wildman–Crippen LogP) is 9.49. The summed E-state index contributed by atoms with van der Waals surface area (Å²) in [6.45, 7) is 0. The molecule has 4 nitrogen and oxygen atoms in total. The van der Waals surface area contributed by atoms with Gasteiger partial charge in [-0.3, -0.25) is 0 Å². The third kappa shape index (κ3) is 4.69. The van der Waals surface area contributed by atoms with Crippen LogP contribution >= 0.6 is 7.49 Å². The number of fused-ring (bicyclic) bond motifs is 6. The fourth-order valence-corrected chi connectivity index (χ4v) is 11.3. The molecule has 0 atom stereocenters. The van der Waals surface area contributed by atoms with Crippen LogP contribution in [0.5, 0.6) is 0 Å². The van der Waals surface area contributed by atoms with Crippen molar-refractivity contribution in [2.24, 2.45) is 0 Å². The summed E-state index contributed by atoms with van der Waals surface area (Å²) >= 11 is 0. The summed E-state index contributed by atoms with van der Waals surface area (Å²) in [7, 11) is -3.12. The van der Waals surface area contributed by atoms with Crippen LogP contribution in [0.3, 0.4) is 0 Å². The Morgan fingerprint density at radius 1 is 0.412 bits per heavy atom. The first-order valence-electron chi connectivity index (χ1n) is 17.2. The number of rotatable bonds is 5. The van der Waals surface area contributed by atoms with Crippen LogP contribution in [-0.4, -0.2) is 19.4 Å². The number of hydrogen-bond donors (Lipinski definition) is 1. The number of nitrogens with zero attached hydrogens (tertiary/aromatic N) is 3. The van der Waals surface area contributed by atoms with Crippen LogP contribution in [0.25, 0.3) is 72.5 Å². The molecule has 0 bridgehead atoms. The Bertz CT molecular complexity index is 2700. The average Bonchev–Trinajstić information content (AvgIpc) is 3.68. The minimum absolute atomic E-state index is 0.633. The fraction of sp³-hybridized carbons (Fsp3) is 0. The van der Waals surface area contributed by atoms with Crippen LogP contribution in [0.15, 0.2) is 182 Å². The number of hydrogen-bond acceptors (Lipinski definition) is 3. The monoisotopic (exact) mass is 673 g/mol. The summed E-state index contributed by atoms with van der Waals surface area (Å²) < 4.78 is 2.19.